The molecule has 26 heavy (non-hydrogen) atoms. The van der Waals surface area contributed by atoms with Crippen molar-refractivity contribution in [1.29, 1.82) is 0 Å². The Morgan fingerprint density at radius 1 is 1.27 bits per heavy atom. The molecule has 0 aliphatic rings. The van der Waals surface area contributed by atoms with Crippen LogP contribution in [0.5, 0.6) is 0 Å². The highest BCUT2D eigenvalue weighted by Crippen LogP contribution is 2.28. The maximum atomic E-state index is 12.9. The van der Waals surface area contributed by atoms with Gasteiger partial charge in [0.2, 0.25) is 0 Å². The zero-order valence-corrected chi connectivity index (χ0v) is 16.2. The number of hydrogen-bond donors (Lipinski definition) is 0. The van der Waals surface area contributed by atoms with Gasteiger partial charge in [-0.3, -0.25) is 14.2 Å². The van der Waals surface area contributed by atoms with E-state index in [1.165, 1.54) is 11.3 Å². The van der Waals surface area contributed by atoms with Gasteiger partial charge in [-0.1, -0.05) is 43.7 Å². The van der Waals surface area contributed by atoms with E-state index < -0.39 is 0 Å². The fourth-order valence-corrected chi connectivity index (χ4v) is 4.09. The average Bonchev–Trinajstić information content (AvgIpc) is 2.98. The third-order valence-electron chi connectivity index (χ3n) is 4.47. The van der Waals surface area contributed by atoms with Gasteiger partial charge >= 0.3 is 0 Å². The van der Waals surface area contributed by atoms with Gasteiger partial charge in [0, 0.05) is 20.1 Å². The van der Waals surface area contributed by atoms with Gasteiger partial charge in [-0.05, 0) is 24.5 Å². The molecule has 0 saturated carbocycles. The van der Waals surface area contributed by atoms with Gasteiger partial charge in [-0.15, -0.1) is 11.3 Å². The first kappa shape index (κ1) is 18.3. The number of fused-ring (bicyclic) bond motifs is 1. The lowest BCUT2D eigenvalue weighted by atomic mass is 10.2. The summed E-state index contributed by atoms with van der Waals surface area (Å²) in [5.74, 6) is -0.0751. The van der Waals surface area contributed by atoms with Crippen molar-refractivity contribution in [3.8, 4) is 0 Å². The van der Waals surface area contributed by atoms with E-state index in [9.17, 15) is 9.59 Å². The second-order valence-electron chi connectivity index (χ2n) is 6.48. The van der Waals surface area contributed by atoms with Crippen molar-refractivity contribution < 1.29 is 4.79 Å². The first-order valence-electron chi connectivity index (χ1n) is 8.80. The monoisotopic (exact) mass is 369 g/mol. The number of thiophene rings is 1. The van der Waals surface area contributed by atoms with Crippen molar-refractivity contribution in [3.05, 3.63) is 63.0 Å². The highest BCUT2D eigenvalue weighted by atomic mass is 32.1. The Hall–Kier alpha value is -2.47. The minimum atomic E-state index is -0.0751. The number of nitrogens with zero attached hydrogens (tertiary/aromatic N) is 3. The van der Waals surface area contributed by atoms with Crippen molar-refractivity contribution >= 4 is 27.5 Å². The topological polar surface area (TPSA) is 55.2 Å². The lowest BCUT2D eigenvalue weighted by Gasteiger charge is -2.16. The van der Waals surface area contributed by atoms with Crippen LogP contribution in [-0.2, 0) is 13.1 Å². The predicted molar refractivity (Wildman–Crippen MR) is 106 cm³/mol. The van der Waals surface area contributed by atoms with E-state index in [1.54, 1.807) is 22.8 Å². The highest BCUT2D eigenvalue weighted by Gasteiger charge is 2.22. The molecule has 1 aromatic carbocycles. The molecule has 2 aromatic heterocycles. The van der Waals surface area contributed by atoms with Crippen LogP contribution in [0.1, 0.15) is 40.6 Å². The Morgan fingerprint density at radius 3 is 2.69 bits per heavy atom. The molecule has 0 atom stereocenters. The lowest BCUT2D eigenvalue weighted by Crippen LogP contribution is -2.26. The van der Waals surface area contributed by atoms with E-state index in [2.05, 4.69) is 11.9 Å². The summed E-state index contributed by atoms with van der Waals surface area (Å²) in [6.07, 6.45) is 3.54. The summed E-state index contributed by atoms with van der Waals surface area (Å²) >= 11 is 1.30. The summed E-state index contributed by atoms with van der Waals surface area (Å²) in [5.41, 5.74) is 1.75. The van der Waals surface area contributed by atoms with Crippen LogP contribution in [0.15, 0.2) is 41.5 Å². The molecule has 0 bridgehead atoms. The van der Waals surface area contributed by atoms with E-state index >= 15 is 0 Å². The van der Waals surface area contributed by atoms with Crippen LogP contribution in [0.2, 0.25) is 0 Å². The van der Waals surface area contributed by atoms with Crippen molar-refractivity contribution in [1.82, 2.24) is 14.5 Å². The normalized spacial score (nSPS) is 11.0. The third-order valence-corrected chi connectivity index (χ3v) is 5.66. The summed E-state index contributed by atoms with van der Waals surface area (Å²) in [7, 11) is 1.78. The molecule has 0 N–H and O–H groups in total. The van der Waals surface area contributed by atoms with Crippen LogP contribution in [0, 0.1) is 6.92 Å². The summed E-state index contributed by atoms with van der Waals surface area (Å²) in [6.45, 7) is 5.12. The summed E-state index contributed by atoms with van der Waals surface area (Å²) in [5, 5.41) is 0.574. The molecule has 6 heteroatoms. The molecule has 0 radical (unpaired) electrons. The number of unbranched alkanes of at least 4 members (excludes halogenated alkanes) is 1. The van der Waals surface area contributed by atoms with Gasteiger partial charge in [0.15, 0.2) is 0 Å². The molecule has 0 unspecified atom stereocenters. The van der Waals surface area contributed by atoms with Gasteiger partial charge in [0.1, 0.15) is 4.83 Å². The molecule has 1 amide bonds. The van der Waals surface area contributed by atoms with Gasteiger partial charge < -0.3 is 4.90 Å². The Bertz CT molecular complexity index is 976. The number of aryl methyl sites for hydroxylation is 2. The minimum Gasteiger partial charge on any atom is -0.337 e. The third kappa shape index (κ3) is 3.55. The first-order chi connectivity index (χ1) is 12.5. The molecule has 0 saturated heterocycles. The van der Waals surface area contributed by atoms with Crippen molar-refractivity contribution in [2.75, 3.05) is 7.05 Å². The van der Waals surface area contributed by atoms with Crippen LogP contribution >= 0.6 is 11.3 Å². The van der Waals surface area contributed by atoms with Gasteiger partial charge in [0.05, 0.1) is 16.6 Å². The molecule has 0 aliphatic carbocycles. The van der Waals surface area contributed by atoms with Gasteiger partial charge in [-0.25, -0.2) is 4.98 Å². The number of rotatable bonds is 6. The highest BCUT2D eigenvalue weighted by molar-refractivity contribution is 7.20. The fraction of sp³-hybridized carbons (Fsp3) is 0.350. The van der Waals surface area contributed by atoms with Crippen LogP contribution in [0.25, 0.3) is 10.2 Å². The van der Waals surface area contributed by atoms with E-state index in [0.29, 0.717) is 28.2 Å². The Morgan fingerprint density at radius 2 is 2.00 bits per heavy atom. The summed E-state index contributed by atoms with van der Waals surface area (Å²) in [4.78, 5) is 33.0. The molecule has 5 nitrogen and oxygen atoms in total. The van der Waals surface area contributed by atoms with Crippen molar-refractivity contribution in [2.24, 2.45) is 0 Å². The van der Waals surface area contributed by atoms with Crippen molar-refractivity contribution in [2.45, 2.75) is 39.8 Å². The SMILES string of the molecule is CCCCn1cnc2sc(C(=O)N(C)Cc3ccccc3)c(C)c2c1=O. The quantitative estimate of drug-likeness (QED) is 0.663. The van der Waals surface area contributed by atoms with Crippen LogP contribution in [0.3, 0.4) is 0 Å². The second kappa shape index (κ2) is 7.83. The van der Waals surface area contributed by atoms with Crippen LogP contribution < -0.4 is 5.56 Å². The van der Waals surface area contributed by atoms with E-state index in [-0.39, 0.29) is 11.5 Å². The first-order valence-corrected chi connectivity index (χ1v) is 9.62. The molecule has 0 aliphatic heterocycles. The molecule has 3 rings (SSSR count). The molecule has 0 fully saturated rings. The number of benzene rings is 1. The maximum absolute atomic E-state index is 12.9. The molecule has 2 heterocycles. The maximum Gasteiger partial charge on any atom is 0.264 e. The predicted octanol–water partition coefficient (Wildman–Crippen LogP) is 3.84. The smallest absolute Gasteiger partial charge is 0.264 e. The molecule has 0 spiro atoms. The van der Waals surface area contributed by atoms with E-state index in [0.717, 1.165) is 24.0 Å². The molecular weight excluding hydrogens is 346 g/mol. The number of carbonyl (C=O) groups excluding carboxylic acids is 1. The molecule has 3 aromatic rings. The minimum absolute atomic E-state index is 0.0537. The van der Waals surface area contributed by atoms with E-state index in [4.69, 9.17) is 0 Å². The number of aromatic nitrogens is 2. The van der Waals surface area contributed by atoms with Gasteiger partial charge in [0.25, 0.3) is 11.5 Å². The molecular formula is C20H23N3O2S. The number of hydrogen-bond acceptors (Lipinski definition) is 4. The molecule has 136 valence electrons. The average molecular weight is 369 g/mol. The Labute approximate surface area is 156 Å². The van der Waals surface area contributed by atoms with Gasteiger partial charge in [-0.2, -0.15) is 0 Å². The van der Waals surface area contributed by atoms with E-state index in [1.807, 2.05) is 37.3 Å². The zero-order valence-electron chi connectivity index (χ0n) is 15.4. The summed E-state index contributed by atoms with van der Waals surface area (Å²) in [6, 6.07) is 9.86. The Balaban J connectivity index is 1.92. The second-order valence-corrected chi connectivity index (χ2v) is 7.48. The van der Waals surface area contributed by atoms with Crippen LogP contribution in [0.4, 0.5) is 0 Å². The fourth-order valence-electron chi connectivity index (χ4n) is 2.95. The summed E-state index contributed by atoms with van der Waals surface area (Å²) < 4.78 is 1.65. The number of carbonyl (C=O) groups is 1. The lowest BCUT2D eigenvalue weighted by molar-refractivity contribution is 0.0789. The van der Waals surface area contributed by atoms with Crippen molar-refractivity contribution in [3.63, 3.8) is 0 Å². The zero-order chi connectivity index (χ0) is 18.7. The Kier molecular flexibility index (Phi) is 5.52. The largest absolute Gasteiger partial charge is 0.337 e. The standard InChI is InChI=1S/C20H23N3O2S/c1-4-5-11-23-13-21-18-16(19(23)24)14(2)17(26-18)20(25)22(3)12-15-9-7-6-8-10-15/h6-10,13H,4-5,11-12H2,1-3H3. The van der Waals surface area contributed by atoms with Crippen LogP contribution in [-0.4, -0.2) is 27.4 Å². The number of amides is 1.